The molecular formula is C17H17N5O. The van der Waals surface area contributed by atoms with Crippen LogP contribution in [0, 0.1) is 13.8 Å². The van der Waals surface area contributed by atoms with Crippen molar-refractivity contribution in [1.82, 2.24) is 15.0 Å². The van der Waals surface area contributed by atoms with Crippen LogP contribution in [0.1, 0.15) is 11.1 Å². The predicted octanol–water partition coefficient (Wildman–Crippen LogP) is 3.61. The predicted molar refractivity (Wildman–Crippen MR) is 90.0 cm³/mol. The van der Waals surface area contributed by atoms with E-state index in [1.165, 1.54) is 6.33 Å². The second-order valence-corrected chi connectivity index (χ2v) is 5.20. The minimum Gasteiger partial charge on any atom is -0.437 e. The average Bonchev–Trinajstić information content (AvgIpc) is 2.55. The van der Waals surface area contributed by atoms with Gasteiger partial charge >= 0.3 is 0 Å². The monoisotopic (exact) mass is 307 g/mol. The molecule has 1 aromatic carbocycles. The molecule has 6 nitrogen and oxygen atoms in total. The van der Waals surface area contributed by atoms with Crippen molar-refractivity contribution in [2.45, 2.75) is 13.8 Å². The number of nitrogens with one attached hydrogen (secondary N) is 1. The number of nitrogen functional groups attached to an aromatic ring is 1. The van der Waals surface area contributed by atoms with E-state index in [9.17, 15) is 0 Å². The summed E-state index contributed by atoms with van der Waals surface area (Å²) in [5.41, 5.74) is 8.66. The van der Waals surface area contributed by atoms with Gasteiger partial charge in [-0.05, 0) is 37.6 Å². The molecule has 3 aromatic rings. The second-order valence-electron chi connectivity index (χ2n) is 5.20. The number of anilines is 3. The average molecular weight is 307 g/mol. The third-order valence-corrected chi connectivity index (χ3v) is 3.24. The lowest BCUT2D eigenvalue weighted by molar-refractivity contribution is 0.464. The Morgan fingerprint density at radius 2 is 1.65 bits per heavy atom. The third-order valence-electron chi connectivity index (χ3n) is 3.24. The fraction of sp³-hybridized carbons (Fsp3) is 0.118. The van der Waals surface area contributed by atoms with Gasteiger partial charge in [0.1, 0.15) is 23.6 Å². The van der Waals surface area contributed by atoms with Gasteiger partial charge in [0, 0.05) is 6.20 Å². The molecule has 0 saturated carbocycles. The molecule has 0 spiro atoms. The molecule has 2 aromatic heterocycles. The lowest BCUT2D eigenvalue weighted by atomic mass is 10.2. The summed E-state index contributed by atoms with van der Waals surface area (Å²) < 4.78 is 5.73. The summed E-state index contributed by atoms with van der Waals surface area (Å²) in [7, 11) is 0. The SMILES string of the molecule is Cc1ccc(Oc2ncnc(Nc3ccc(C)cn3)c2N)cc1. The smallest absolute Gasteiger partial charge is 0.248 e. The molecule has 0 aliphatic carbocycles. The number of pyridine rings is 1. The number of hydrogen-bond donors (Lipinski definition) is 2. The van der Waals surface area contributed by atoms with Crippen LogP contribution in [-0.4, -0.2) is 15.0 Å². The Labute approximate surface area is 134 Å². The number of nitrogens with zero attached hydrogens (tertiary/aromatic N) is 3. The normalized spacial score (nSPS) is 10.3. The van der Waals surface area contributed by atoms with Gasteiger partial charge in [0.2, 0.25) is 5.88 Å². The van der Waals surface area contributed by atoms with Crippen molar-refractivity contribution in [3.8, 4) is 11.6 Å². The maximum absolute atomic E-state index is 6.10. The minimum absolute atomic E-state index is 0.304. The van der Waals surface area contributed by atoms with Crippen LogP contribution in [0.3, 0.4) is 0 Å². The van der Waals surface area contributed by atoms with Gasteiger partial charge in [0.15, 0.2) is 5.82 Å². The molecule has 0 amide bonds. The molecular weight excluding hydrogens is 290 g/mol. The molecule has 3 N–H and O–H groups in total. The van der Waals surface area contributed by atoms with Gasteiger partial charge in [-0.25, -0.2) is 9.97 Å². The number of hydrogen-bond acceptors (Lipinski definition) is 6. The van der Waals surface area contributed by atoms with Gasteiger partial charge in [-0.1, -0.05) is 23.8 Å². The van der Waals surface area contributed by atoms with Crippen molar-refractivity contribution in [3.63, 3.8) is 0 Å². The first kappa shape index (κ1) is 14.8. The molecule has 0 saturated heterocycles. The molecule has 0 aliphatic rings. The van der Waals surface area contributed by atoms with Gasteiger partial charge < -0.3 is 15.8 Å². The number of aryl methyl sites for hydroxylation is 2. The molecule has 0 radical (unpaired) electrons. The first-order valence-electron chi connectivity index (χ1n) is 7.16. The molecule has 0 bridgehead atoms. The van der Waals surface area contributed by atoms with Crippen LogP contribution in [-0.2, 0) is 0 Å². The quantitative estimate of drug-likeness (QED) is 0.766. The van der Waals surface area contributed by atoms with Crippen molar-refractivity contribution in [2.75, 3.05) is 11.1 Å². The van der Waals surface area contributed by atoms with Gasteiger partial charge in [0.25, 0.3) is 0 Å². The van der Waals surface area contributed by atoms with Crippen molar-refractivity contribution >= 4 is 17.3 Å². The van der Waals surface area contributed by atoms with E-state index in [4.69, 9.17) is 10.5 Å². The van der Waals surface area contributed by atoms with Gasteiger partial charge in [0.05, 0.1) is 0 Å². The number of benzene rings is 1. The zero-order valence-electron chi connectivity index (χ0n) is 12.9. The Bertz CT molecular complexity index is 734. The minimum atomic E-state index is 0.304. The summed E-state index contributed by atoms with van der Waals surface area (Å²) in [6.07, 6.45) is 3.17. The van der Waals surface area contributed by atoms with Crippen LogP contribution in [0.5, 0.6) is 11.6 Å². The number of ether oxygens (including phenoxy) is 1. The summed E-state index contributed by atoms with van der Waals surface area (Å²) in [4.78, 5) is 12.5. The Hall–Kier alpha value is -3.15. The maximum Gasteiger partial charge on any atom is 0.248 e. The summed E-state index contributed by atoms with van der Waals surface area (Å²) in [5, 5.41) is 3.07. The molecule has 23 heavy (non-hydrogen) atoms. The van der Waals surface area contributed by atoms with Gasteiger partial charge in [-0.15, -0.1) is 0 Å². The largest absolute Gasteiger partial charge is 0.437 e. The standard InChI is InChI=1S/C17H17N5O/c1-11-3-6-13(7-4-11)23-17-15(18)16(20-10-21-17)22-14-8-5-12(2)9-19-14/h3-10H,18H2,1-2H3,(H,19,20,21,22). The van der Waals surface area contributed by atoms with Crippen LogP contribution in [0.25, 0.3) is 0 Å². The van der Waals surface area contributed by atoms with E-state index < -0.39 is 0 Å². The molecule has 0 aliphatic heterocycles. The highest BCUT2D eigenvalue weighted by Crippen LogP contribution is 2.30. The lowest BCUT2D eigenvalue weighted by Crippen LogP contribution is -2.04. The van der Waals surface area contributed by atoms with Gasteiger partial charge in [-0.2, -0.15) is 4.98 Å². The van der Waals surface area contributed by atoms with Crippen molar-refractivity contribution in [2.24, 2.45) is 0 Å². The van der Waals surface area contributed by atoms with E-state index in [-0.39, 0.29) is 0 Å². The first-order chi connectivity index (χ1) is 11.1. The van der Waals surface area contributed by atoms with Crippen LogP contribution >= 0.6 is 0 Å². The number of rotatable bonds is 4. The van der Waals surface area contributed by atoms with Crippen LogP contribution in [0.4, 0.5) is 17.3 Å². The van der Waals surface area contributed by atoms with Gasteiger partial charge in [-0.3, -0.25) is 0 Å². The van der Waals surface area contributed by atoms with E-state index in [0.29, 0.717) is 29.0 Å². The zero-order valence-corrected chi connectivity index (χ0v) is 12.9. The van der Waals surface area contributed by atoms with Crippen LogP contribution in [0.15, 0.2) is 48.9 Å². The topological polar surface area (TPSA) is 86.0 Å². The first-order valence-corrected chi connectivity index (χ1v) is 7.16. The highest BCUT2D eigenvalue weighted by molar-refractivity contribution is 5.71. The molecule has 2 heterocycles. The fourth-order valence-corrected chi connectivity index (χ4v) is 1.94. The van der Waals surface area contributed by atoms with E-state index in [2.05, 4.69) is 20.3 Å². The summed E-state index contributed by atoms with van der Waals surface area (Å²) in [5.74, 6) is 2.08. The summed E-state index contributed by atoms with van der Waals surface area (Å²) >= 11 is 0. The Morgan fingerprint density at radius 1 is 0.913 bits per heavy atom. The zero-order chi connectivity index (χ0) is 16.2. The number of nitrogens with two attached hydrogens (primary N) is 1. The van der Waals surface area contributed by atoms with E-state index in [1.54, 1.807) is 6.20 Å². The lowest BCUT2D eigenvalue weighted by Gasteiger charge is -2.11. The van der Waals surface area contributed by atoms with Crippen molar-refractivity contribution in [1.29, 1.82) is 0 Å². The maximum atomic E-state index is 6.10. The molecule has 0 unspecified atom stereocenters. The van der Waals surface area contributed by atoms with E-state index >= 15 is 0 Å². The summed E-state index contributed by atoms with van der Waals surface area (Å²) in [6.45, 7) is 3.99. The van der Waals surface area contributed by atoms with Crippen LogP contribution in [0.2, 0.25) is 0 Å². The molecule has 116 valence electrons. The Balaban J connectivity index is 1.83. The molecule has 0 atom stereocenters. The molecule has 0 fully saturated rings. The van der Waals surface area contributed by atoms with Crippen molar-refractivity contribution in [3.05, 3.63) is 60.0 Å². The van der Waals surface area contributed by atoms with E-state index in [0.717, 1.165) is 11.1 Å². The fourth-order valence-electron chi connectivity index (χ4n) is 1.94. The molecule has 3 rings (SSSR count). The third kappa shape index (κ3) is 3.55. The number of aromatic nitrogens is 3. The Kier molecular flexibility index (Phi) is 4.05. The highest BCUT2D eigenvalue weighted by atomic mass is 16.5. The summed E-state index contributed by atoms with van der Waals surface area (Å²) in [6, 6.07) is 11.5. The van der Waals surface area contributed by atoms with E-state index in [1.807, 2.05) is 50.2 Å². The van der Waals surface area contributed by atoms with Crippen molar-refractivity contribution < 1.29 is 4.74 Å². The van der Waals surface area contributed by atoms with Crippen LogP contribution < -0.4 is 15.8 Å². The Morgan fingerprint density at radius 3 is 2.35 bits per heavy atom. The second kappa shape index (κ2) is 6.31. The molecule has 6 heteroatoms. The highest BCUT2D eigenvalue weighted by Gasteiger charge is 2.11.